The van der Waals surface area contributed by atoms with Crippen molar-refractivity contribution < 1.29 is 14.0 Å². The number of aryl methyl sites for hydroxylation is 2. The Morgan fingerprint density at radius 1 is 1.19 bits per heavy atom. The lowest BCUT2D eigenvalue weighted by molar-refractivity contribution is -0.122. The molecule has 134 valence electrons. The number of rotatable bonds is 4. The highest BCUT2D eigenvalue weighted by atomic mass is 32.1. The van der Waals surface area contributed by atoms with Crippen molar-refractivity contribution in [2.45, 2.75) is 20.4 Å². The van der Waals surface area contributed by atoms with Crippen molar-refractivity contribution in [3.05, 3.63) is 58.3 Å². The Morgan fingerprint density at radius 2 is 1.92 bits per heavy atom. The maximum atomic E-state index is 12.2. The maximum absolute atomic E-state index is 12.2. The van der Waals surface area contributed by atoms with E-state index in [4.69, 9.17) is 16.6 Å². The van der Waals surface area contributed by atoms with E-state index in [9.17, 15) is 9.59 Å². The molecule has 0 saturated carbocycles. The zero-order valence-corrected chi connectivity index (χ0v) is 15.0. The van der Waals surface area contributed by atoms with E-state index < -0.39 is 11.8 Å². The largest absolute Gasteiger partial charge is 0.469 e. The van der Waals surface area contributed by atoms with Crippen molar-refractivity contribution in [1.82, 2.24) is 25.6 Å². The highest BCUT2D eigenvalue weighted by Gasteiger charge is 2.15. The fraction of sp³-hybridized carbons (Fsp3) is 0.176. The van der Waals surface area contributed by atoms with E-state index in [2.05, 4.69) is 21.0 Å². The number of furan rings is 1. The van der Waals surface area contributed by atoms with E-state index in [0.717, 1.165) is 11.1 Å². The van der Waals surface area contributed by atoms with Crippen LogP contribution in [0.4, 0.5) is 0 Å². The van der Waals surface area contributed by atoms with Crippen LogP contribution in [0.15, 0.2) is 41.0 Å². The summed E-state index contributed by atoms with van der Waals surface area (Å²) in [7, 11) is 0. The van der Waals surface area contributed by atoms with Gasteiger partial charge in [0.25, 0.3) is 11.8 Å². The van der Waals surface area contributed by atoms with Crippen LogP contribution in [-0.4, -0.2) is 26.6 Å². The van der Waals surface area contributed by atoms with Gasteiger partial charge in [0.2, 0.25) is 0 Å². The molecule has 0 saturated heterocycles. The third kappa shape index (κ3) is 3.72. The molecule has 26 heavy (non-hydrogen) atoms. The molecule has 9 heteroatoms. The molecule has 2 aromatic heterocycles. The molecule has 3 aromatic rings. The number of aromatic nitrogens is 3. The average Bonchev–Trinajstić information content (AvgIpc) is 3.20. The number of amides is 2. The second-order valence-corrected chi connectivity index (χ2v) is 6.08. The molecule has 3 rings (SSSR count). The van der Waals surface area contributed by atoms with Crippen molar-refractivity contribution in [3.63, 3.8) is 0 Å². The summed E-state index contributed by atoms with van der Waals surface area (Å²) >= 11 is 5.20. The standard InChI is InChI=1S/C17H17N5O3S/c1-10-3-5-12(6-4-10)15-19-21-17(26)22(15)9-14(23)18-20-16(24)13-7-8-25-11(13)2/h3-8H,9H2,1-2H3,(H,18,23)(H,20,24)(H,21,26). The van der Waals surface area contributed by atoms with Crippen molar-refractivity contribution in [1.29, 1.82) is 0 Å². The van der Waals surface area contributed by atoms with Crippen LogP contribution in [-0.2, 0) is 11.3 Å². The third-order valence-corrected chi connectivity index (χ3v) is 4.10. The minimum atomic E-state index is -0.459. The van der Waals surface area contributed by atoms with E-state index in [0.29, 0.717) is 21.9 Å². The molecule has 2 amide bonds. The van der Waals surface area contributed by atoms with Gasteiger partial charge >= 0.3 is 0 Å². The molecule has 0 atom stereocenters. The van der Waals surface area contributed by atoms with Gasteiger partial charge in [0.1, 0.15) is 12.3 Å². The molecule has 8 nitrogen and oxygen atoms in total. The van der Waals surface area contributed by atoms with E-state index in [-0.39, 0.29) is 6.54 Å². The SMILES string of the molecule is Cc1ccc(-c2n[nH]c(=S)n2CC(=O)NNC(=O)c2ccoc2C)cc1. The zero-order valence-electron chi connectivity index (χ0n) is 14.2. The van der Waals surface area contributed by atoms with Crippen LogP contribution in [0.25, 0.3) is 11.4 Å². The number of H-pyrrole nitrogens is 1. The van der Waals surface area contributed by atoms with Crippen LogP contribution in [0.3, 0.4) is 0 Å². The van der Waals surface area contributed by atoms with Crippen LogP contribution < -0.4 is 10.9 Å². The minimum Gasteiger partial charge on any atom is -0.469 e. The highest BCUT2D eigenvalue weighted by molar-refractivity contribution is 7.71. The second kappa shape index (κ2) is 7.36. The zero-order chi connectivity index (χ0) is 18.7. The molecule has 0 bridgehead atoms. The molecule has 0 aliphatic rings. The van der Waals surface area contributed by atoms with Gasteiger partial charge in [0.05, 0.1) is 11.8 Å². The monoisotopic (exact) mass is 371 g/mol. The molecule has 3 N–H and O–H groups in total. The smallest absolute Gasteiger partial charge is 0.273 e. The molecule has 0 spiro atoms. The van der Waals surface area contributed by atoms with Crippen molar-refractivity contribution in [2.75, 3.05) is 0 Å². The Bertz CT molecular complexity index is 1000. The van der Waals surface area contributed by atoms with Crippen LogP contribution >= 0.6 is 12.2 Å². The van der Waals surface area contributed by atoms with Gasteiger partial charge < -0.3 is 4.42 Å². The minimum absolute atomic E-state index is 0.0941. The van der Waals surface area contributed by atoms with Crippen molar-refractivity contribution >= 4 is 24.0 Å². The molecule has 0 unspecified atom stereocenters. The molecule has 0 aliphatic carbocycles. The summed E-state index contributed by atoms with van der Waals surface area (Å²) in [6, 6.07) is 9.23. The number of carbonyl (C=O) groups is 2. The predicted octanol–water partition coefficient (Wildman–Crippen LogP) is 2.28. The normalized spacial score (nSPS) is 10.5. The topological polar surface area (TPSA) is 105 Å². The van der Waals surface area contributed by atoms with Gasteiger partial charge in [-0.05, 0) is 32.1 Å². The van der Waals surface area contributed by atoms with E-state index in [1.54, 1.807) is 11.5 Å². The van der Waals surface area contributed by atoms with E-state index in [1.165, 1.54) is 12.3 Å². The summed E-state index contributed by atoms with van der Waals surface area (Å²) < 4.78 is 6.94. The first kappa shape index (κ1) is 17.6. The Morgan fingerprint density at radius 3 is 2.58 bits per heavy atom. The number of hydrazine groups is 1. The molecule has 0 aliphatic heterocycles. The lowest BCUT2D eigenvalue weighted by Crippen LogP contribution is -2.43. The number of aromatic amines is 1. The Balaban J connectivity index is 1.69. The third-order valence-electron chi connectivity index (χ3n) is 3.79. The number of carbonyl (C=O) groups excluding carboxylic acids is 2. The van der Waals surface area contributed by atoms with Gasteiger partial charge in [-0.2, -0.15) is 5.10 Å². The van der Waals surface area contributed by atoms with Crippen molar-refractivity contribution in [3.8, 4) is 11.4 Å². The highest BCUT2D eigenvalue weighted by Crippen LogP contribution is 2.17. The molecular weight excluding hydrogens is 354 g/mol. The van der Waals surface area contributed by atoms with Gasteiger partial charge in [-0.25, -0.2) is 0 Å². The average molecular weight is 371 g/mol. The lowest BCUT2D eigenvalue weighted by atomic mass is 10.1. The number of hydrogen-bond acceptors (Lipinski definition) is 5. The first-order chi connectivity index (χ1) is 12.5. The van der Waals surface area contributed by atoms with Crippen LogP contribution in [0.5, 0.6) is 0 Å². The molecule has 2 heterocycles. The van der Waals surface area contributed by atoms with Gasteiger partial charge in [0.15, 0.2) is 10.6 Å². The fourth-order valence-electron chi connectivity index (χ4n) is 2.38. The molecular formula is C17H17N5O3S. The molecule has 0 radical (unpaired) electrons. The summed E-state index contributed by atoms with van der Waals surface area (Å²) in [5, 5.41) is 6.87. The predicted molar refractivity (Wildman–Crippen MR) is 96.6 cm³/mol. The Hall–Kier alpha value is -3.20. The quantitative estimate of drug-likeness (QED) is 0.482. The first-order valence-corrected chi connectivity index (χ1v) is 8.22. The van der Waals surface area contributed by atoms with Gasteiger partial charge in [-0.15, -0.1) is 0 Å². The second-order valence-electron chi connectivity index (χ2n) is 5.70. The first-order valence-electron chi connectivity index (χ1n) is 7.81. The summed E-state index contributed by atoms with van der Waals surface area (Å²) in [6.45, 7) is 3.55. The van der Waals surface area contributed by atoms with E-state index >= 15 is 0 Å². The fourth-order valence-corrected chi connectivity index (χ4v) is 2.58. The summed E-state index contributed by atoms with van der Waals surface area (Å²) in [5.74, 6) is 0.113. The van der Waals surface area contributed by atoms with Crippen LogP contribution in [0, 0.1) is 18.6 Å². The van der Waals surface area contributed by atoms with Gasteiger partial charge in [-0.3, -0.25) is 30.1 Å². The van der Waals surface area contributed by atoms with Crippen LogP contribution in [0.1, 0.15) is 21.7 Å². The summed E-state index contributed by atoms with van der Waals surface area (Å²) in [4.78, 5) is 24.2. The molecule has 0 fully saturated rings. The van der Waals surface area contributed by atoms with Gasteiger partial charge in [-0.1, -0.05) is 29.8 Å². The number of benzene rings is 1. The summed E-state index contributed by atoms with van der Waals surface area (Å²) in [5.41, 5.74) is 7.01. The van der Waals surface area contributed by atoms with Crippen molar-refractivity contribution in [2.24, 2.45) is 0 Å². The Labute approximate surface area is 154 Å². The lowest BCUT2D eigenvalue weighted by Gasteiger charge is -2.09. The summed E-state index contributed by atoms with van der Waals surface area (Å²) in [6.07, 6.45) is 1.41. The molecule has 1 aromatic carbocycles. The van der Waals surface area contributed by atoms with Gasteiger partial charge in [0, 0.05) is 5.56 Å². The Kier molecular flexibility index (Phi) is 4.99. The van der Waals surface area contributed by atoms with Crippen LogP contribution in [0.2, 0.25) is 0 Å². The number of hydrogen-bond donors (Lipinski definition) is 3. The maximum Gasteiger partial charge on any atom is 0.273 e. The van der Waals surface area contributed by atoms with E-state index in [1.807, 2.05) is 31.2 Å². The number of nitrogens with zero attached hydrogens (tertiary/aromatic N) is 2. The number of nitrogens with one attached hydrogen (secondary N) is 3.